The van der Waals surface area contributed by atoms with Gasteiger partial charge < -0.3 is 10.6 Å². The first-order valence-electron chi connectivity index (χ1n) is 9.12. The first kappa shape index (κ1) is 20.5. The fourth-order valence-corrected chi connectivity index (χ4v) is 3.40. The number of nitrogens with one attached hydrogen (secondary N) is 2. The summed E-state index contributed by atoms with van der Waals surface area (Å²) in [5.74, 6) is 1.82. The number of guanidine groups is 1. The minimum Gasteiger partial charge on any atom is -0.356 e. The Hall–Kier alpha value is -1.80. The Morgan fingerprint density at radius 2 is 2.15 bits per heavy atom. The van der Waals surface area contributed by atoms with Crippen LogP contribution < -0.4 is 10.6 Å². The Bertz CT molecular complexity index is 594. The number of nitro groups is 1. The second-order valence-corrected chi connectivity index (χ2v) is 7.30. The topological polar surface area (TPSA) is 82.8 Å². The van der Waals surface area contributed by atoms with Crippen LogP contribution >= 0.6 is 11.8 Å². The zero-order chi connectivity index (χ0) is 18.8. The normalized spacial score (nSPS) is 18.1. The molecule has 0 aliphatic carbocycles. The summed E-state index contributed by atoms with van der Waals surface area (Å²) in [6, 6.07) is 7.13. The lowest BCUT2D eigenvalue weighted by Gasteiger charge is -2.24. The fourth-order valence-electron chi connectivity index (χ4n) is 3.10. The van der Waals surface area contributed by atoms with Gasteiger partial charge in [-0.1, -0.05) is 19.1 Å². The maximum atomic E-state index is 10.7. The molecular formula is C18H29N5O2S. The Kier molecular flexibility index (Phi) is 8.70. The second kappa shape index (κ2) is 11.0. The molecular weight excluding hydrogens is 350 g/mol. The fraction of sp³-hybridized carbons (Fsp3) is 0.611. The van der Waals surface area contributed by atoms with Gasteiger partial charge in [-0.3, -0.25) is 15.0 Å². The van der Waals surface area contributed by atoms with Crippen LogP contribution in [0.3, 0.4) is 0 Å². The quantitative estimate of drug-likeness (QED) is 0.225. The van der Waals surface area contributed by atoms with Crippen LogP contribution in [-0.4, -0.2) is 60.0 Å². The molecule has 1 heterocycles. The number of thioether (sulfide) groups is 1. The SMILES string of the molecule is CCN1CCCC1CNC(=NCc1ccc([N+](=O)[O-])cc1)NCCSC. The molecule has 0 aromatic heterocycles. The van der Waals surface area contributed by atoms with Gasteiger partial charge in [0.05, 0.1) is 11.5 Å². The lowest BCUT2D eigenvalue weighted by atomic mass is 10.2. The number of nitro benzene ring substituents is 1. The van der Waals surface area contributed by atoms with E-state index in [1.54, 1.807) is 23.9 Å². The van der Waals surface area contributed by atoms with E-state index in [1.165, 1.54) is 31.5 Å². The molecule has 1 saturated heterocycles. The first-order valence-corrected chi connectivity index (χ1v) is 10.5. The molecule has 7 nitrogen and oxygen atoms in total. The maximum Gasteiger partial charge on any atom is 0.269 e. The Balaban J connectivity index is 1.93. The van der Waals surface area contributed by atoms with Crippen molar-refractivity contribution in [1.29, 1.82) is 0 Å². The van der Waals surface area contributed by atoms with E-state index in [0.29, 0.717) is 12.6 Å². The summed E-state index contributed by atoms with van der Waals surface area (Å²) in [5, 5.41) is 17.6. The molecule has 26 heavy (non-hydrogen) atoms. The summed E-state index contributed by atoms with van der Waals surface area (Å²) in [5.41, 5.74) is 1.06. The van der Waals surface area contributed by atoms with E-state index < -0.39 is 0 Å². The van der Waals surface area contributed by atoms with Gasteiger partial charge in [-0.25, -0.2) is 4.99 Å². The van der Waals surface area contributed by atoms with E-state index in [4.69, 9.17) is 0 Å². The van der Waals surface area contributed by atoms with E-state index in [9.17, 15) is 10.1 Å². The van der Waals surface area contributed by atoms with Gasteiger partial charge in [-0.05, 0) is 37.8 Å². The van der Waals surface area contributed by atoms with Crippen molar-refractivity contribution in [3.05, 3.63) is 39.9 Å². The number of rotatable bonds is 9. The second-order valence-electron chi connectivity index (χ2n) is 6.31. The molecule has 0 saturated carbocycles. The molecule has 8 heteroatoms. The van der Waals surface area contributed by atoms with Crippen molar-refractivity contribution in [3.8, 4) is 0 Å². The van der Waals surface area contributed by atoms with Crippen LogP contribution in [0.5, 0.6) is 0 Å². The predicted octanol–water partition coefficient (Wildman–Crippen LogP) is 2.48. The van der Waals surface area contributed by atoms with Crippen LogP contribution in [0.4, 0.5) is 5.69 Å². The molecule has 0 radical (unpaired) electrons. The molecule has 1 atom stereocenters. The van der Waals surface area contributed by atoms with Gasteiger partial charge in [0.1, 0.15) is 0 Å². The molecule has 1 fully saturated rings. The Morgan fingerprint density at radius 1 is 1.38 bits per heavy atom. The summed E-state index contributed by atoms with van der Waals surface area (Å²) in [4.78, 5) is 17.5. The average molecular weight is 380 g/mol. The zero-order valence-corrected chi connectivity index (χ0v) is 16.4. The van der Waals surface area contributed by atoms with E-state index in [0.717, 1.165) is 36.9 Å². The minimum atomic E-state index is -0.384. The van der Waals surface area contributed by atoms with Crippen LogP contribution in [0.1, 0.15) is 25.3 Å². The standard InChI is InChI=1S/C18H29N5O2S/c1-3-22-11-4-5-17(22)14-21-18(19-10-12-26-2)20-13-15-6-8-16(9-7-15)23(24)25/h6-9,17H,3-5,10-14H2,1-2H3,(H2,19,20,21). The van der Waals surface area contributed by atoms with Gasteiger partial charge in [0.2, 0.25) is 0 Å². The molecule has 0 spiro atoms. The number of hydrogen-bond acceptors (Lipinski definition) is 5. The van der Waals surface area contributed by atoms with E-state index in [2.05, 4.69) is 33.7 Å². The van der Waals surface area contributed by atoms with Crippen molar-refractivity contribution in [2.45, 2.75) is 32.4 Å². The third-order valence-corrected chi connectivity index (χ3v) is 5.19. The van der Waals surface area contributed by atoms with Gasteiger partial charge in [0, 0.05) is 37.0 Å². The highest BCUT2D eigenvalue weighted by molar-refractivity contribution is 7.98. The van der Waals surface area contributed by atoms with Crippen LogP contribution in [0.15, 0.2) is 29.3 Å². The zero-order valence-electron chi connectivity index (χ0n) is 15.6. The molecule has 1 unspecified atom stereocenters. The number of hydrogen-bond donors (Lipinski definition) is 2. The summed E-state index contributed by atoms with van der Waals surface area (Å²) in [6.07, 6.45) is 4.57. The number of benzene rings is 1. The number of nitrogens with zero attached hydrogens (tertiary/aromatic N) is 3. The molecule has 144 valence electrons. The largest absolute Gasteiger partial charge is 0.356 e. The lowest BCUT2D eigenvalue weighted by Crippen LogP contribution is -2.45. The van der Waals surface area contributed by atoms with E-state index in [-0.39, 0.29) is 10.6 Å². The van der Waals surface area contributed by atoms with Gasteiger partial charge in [-0.2, -0.15) is 11.8 Å². The van der Waals surface area contributed by atoms with Gasteiger partial charge >= 0.3 is 0 Å². The summed E-state index contributed by atoms with van der Waals surface area (Å²) >= 11 is 1.79. The smallest absolute Gasteiger partial charge is 0.269 e. The monoisotopic (exact) mass is 379 g/mol. The number of likely N-dealkylation sites (N-methyl/N-ethyl adjacent to an activating group) is 1. The van der Waals surface area contributed by atoms with Crippen LogP contribution in [0.2, 0.25) is 0 Å². The van der Waals surface area contributed by atoms with Crippen molar-refractivity contribution in [2.75, 3.05) is 38.2 Å². The number of aliphatic imine (C=N–C) groups is 1. The maximum absolute atomic E-state index is 10.7. The molecule has 1 aromatic rings. The highest BCUT2D eigenvalue weighted by Crippen LogP contribution is 2.15. The van der Waals surface area contributed by atoms with Crippen molar-refractivity contribution < 1.29 is 4.92 Å². The molecule has 0 amide bonds. The Morgan fingerprint density at radius 3 is 2.81 bits per heavy atom. The first-order chi connectivity index (χ1) is 12.6. The highest BCUT2D eigenvalue weighted by Gasteiger charge is 2.22. The van der Waals surface area contributed by atoms with Crippen LogP contribution in [-0.2, 0) is 6.54 Å². The number of likely N-dealkylation sites (tertiary alicyclic amines) is 1. The number of non-ortho nitro benzene ring substituents is 1. The average Bonchev–Trinajstić information content (AvgIpc) is 3.11. The van der Waals surface area contributed by atoms with Crippen LogP contribution in [0, 0.1) is 10.1 Å². The minimum absolute atomic E-state index is 0.107. The summed E-state index contributed by atoms with van der Waals surface area (Å²) < 4.78 is 0. The summed E-state index contributed by atoms with van der Waals surface area (Å²) in [6.45, 7) is 6.71. The Labute approximate surface area is 159 Å². The molecule has 1 aliphatic heterocycles. The lowest BCUT2D eigenvalue weighted by molar-refractivity contribution is -0.384. The third-order valence-electron chi connectivity index (χ3n) is 4.58. The third kappa shape index (κ3) is 6.49. The van der Waals surface area contributed by atoms with Gasteiger partial charge in [0.25, 0.3) is 5.69 Å². The van der Waals surface area contributed by atoms with Gasteiger partial charge in [-0.15, -0.1) is 0 Å². The van der Waals surface area contributed by atoms with Gasteiger partial charge in [0.15, 0.2) is 5.96 Å². The molecule has 0 bridgehead atoms. The van der Waals surface area contributed by atoms with Crippen molar-refractivity contribution in [3.63, 3.8) is 0 Å². The molecule has 1 aliphatic rings. The molecule has 2 rings (SSSR count). The highest BCUT2D eigenvalue weighted by atomic mass is 32.2. The molecule has 1 aromatic carbocycles. The summed E-state index contributed by atoms with van der Waals surface area (Å²) in [7, 11) is 0. The van der Waals surface area contributed by atoms with Crippen molar-refractivity contribution in [2.24, 2.45) is 4.99 Å². The van der Waals surface area contributed by atoms with E-state index in [1.807, 2.05) is 0 Å². The van der Waals surface area contributed by atoms with Crippen LogP contribution in [0.25, 0.3) is 0 Å². The predicted molar refractivity (Wildman–Crippen MR) is 109 cm³/mol. The van der Waals surface area contributed by atoms with E-state index >= 15 is 0 Å². The van der Waals surface area contributed by atoms with Crippen molar-refractivity contribution in [1.82, 2.24) is 15.5 Å². The van der Waals surface area contributed by atoms with Crippen molar-refractivity contribution >= 4 is 23.4 Å². The molecule has 2 N–H and O–H groups in total.